The highest BCUT2D eigenvalue weighted by Crippen LogP contribution is 2.40. The molecule has 1 unspecified atom stereocenters. The molecule has 1 atom stereocenters. The Hall–Kier alpha value is -3.47. The van der Waals surface area contributed by atoms with Gasteiger partial charge in [-0.15, -0.1) is 0 Å². The smallest absolute Gasteiger partial charge is 0.319 e. The van der Waals surface area contributed by atoms with Gasteiger partial charge in [0.25, 0.3) is 0 Å². The van der Waals surface area contributed by atoms with Crippen molar-refractivity contribution in [3.63, 3.8) is 0 Å². The molecule has 2 aromatic heterocycles. The van der Waals surface area contributed by atoms with E-state index in [0.29, 0.717) is 47.3 Å². The van der Waals surface area contributed by atoms with Crippen molar-refractivity contribution in [2.75, 3.05) is 50.9 Å². The van der Waals surface area contributed by atoms with E-state index in [2.05, 4.69) is 14.9 Å². The SMILES string of the molecule is CC1(O)COCCN(c2nc(OCC34CCCN3CCC4)nc3c(F)c(-c4cccc5cccc(F)c45)ncc23)C1. The fourth-order valence-electron chi connectivity index (χ4n) is 6.85. The highest BCUT2D eigenvalue weighted by atomic mass is 19.1. The lowest BCUT2D eigenvalue weighted by Gasteiger charge is -2.32. The summed E-state index contributed by atoms with van der Waals surface area (Å²) >= 11 is 0. The molecule has 0 radical (unpaired) electrons. The highest BCUT2D eigenvalue weighted by molar-refractivity contribution is 5.99. The molecule has 8 nitrogen and oxygen atoms in total. The maximum absolute atomic E-state index is 16.5. The minimum absolute atomic E-state index is 0.00588. The second-order valence-corrected chi connectivity index (χ2v) is 11.8. The second kappa shape index (κ2) is 10.1. The molecule has 3 aliphatic heterocycles. The van der Waals surface area contributed by atoms with E-state index in [1.165, 1.54) is 12.3 Å². The summed E-state index contributed by atoms with van der Waals surface area (Å²) in [5.74, 6) is -0.702. The lowest BCUT2D eigenvalue weighted by Crippen LogP contribution is -2.44. The topological polar surface area (TPSA) is 83.8 Å². The molecule has 4 aromatic rings. The molecule has 0 aliphatic carbocycles. The van der Waals surface area contributed by atoms with Gasteiger partial charge < -0.3 is 19.5 Å². The Bertz CT molecular complexity index is 1620. The summed E-state index contributed by atoms with van der Waals surface area (Å²) in [5.41, 5.74) is -0.776. The second-order valence-electron chi connectivity index (χ2n) is 11.8. The number of fused-ring (bicyclic) bond motifs is 3. The fraction of sp³-hybridized carbons (Fsp3) is 0.452. The molecule has 3 saturated heterocycles. The monoisotopic (exact) mass is 561 g/mol. The van der Waals surface area contributed by atoms with E-state index in [1.807, 2.05) is 4.90 Å². The number of ether oxygens (including phenoxy) is 2. The van der Waals surface area contributed by atoms with Crippen molar-refractivity contribution in [2.45, 2.75) is 43.7 Å². The van der Waals surface area contributed by atoms with Crippen molar-refractivity contribution >= 4 is 27.5 Å². The number of halogens is 2. The van der Waals surface area contributed by atoms with Gasteiger partial charge in [-0.1, -0.05) is 30.3 Å². The quantitative estimate of drug-likeness (QED) is 0.375. The summed E-state index contributed by atoms with van der Waals surface area (Å²) in [4.78, 5) is 18.2. The fourth-order valence-corrected chi connectivity index (χ4v) is 6.85. The van der Waals surface area contributed by atoms with Gasteiger partial charge in [0.2, 0.25) is 0 Å². The Morgan fingerprint density at radius 3 is 2.63 bits per heavy atom. The zero-order chi connectivity index (χ0) is 28.2. The standard InChI is InChI=1S/C31H33F2N5O3/c1-30(39)17-37(14-15-40-18-30)28-22-16-34-26(21-8-2-6-20-7-3-9-23(32)24(20)21)25(33)27(22)35-29(36-28)41-19-31-10-4-12-38(31)13-5-11-31/h2-3,6-9,16,39H,4-5,10-15,17-19H2,1H3. The Morgan fingerprint density at radius 2 is 1.83 bits per heavy atom. The van der Waals surface area contributed by atoms with E-state index in [4.69, 9.17) is 14.5 Å². The summed E-state index contributed by atoms with van der Waals surface area (Å²) < 4.78 is 43.4. The lowest BCUT2D eigenvalue weighted by molar-refractivity contribution is -0.0123. The normalized spacial score (nSPS) is 22.8. The van der Waals surface area contributed by atoms with Crippen LogP contribution in [0.5, 0.6) is 6.01 Å². The molecule has 2 aromatic carbocycles. The number of pyridine rings is 1. The van der Waals surface area contributed by atoms with Crippen LogP contribution in [0.4, 0.5) is 14.6 Å². The third-order valence-electron chi connectivity index (χ3n) is 8.78. The number of anilines is 1. The molecule has 7 rings (SSSR count). The summed E-state index contributed by atoms with van der Waals surface area (Å²) in [6, 6.07) is 10.1. The van der Waals surface area contributed by atoms with E-state index in [-0.39, 0.29) is 35.9 Å². The largest absolute Gasteiger partial charge is 0.461 e. The number of β-amino-alcohol motifs (C(OH)–C–C–N with tert-alkyl or cyclic N) is 1. The molecular weight excluding hydrogens is 528 g/mol. The Labute approximate surface area is 236 Å². The van der Waals surface area contributed by atoms with Gasteiger partial charge in [-0.3, -0.25) is 9.88 Å². The van der Waals surface area contributed by atoms with Gasteiger partial charge >= 0.3 is 6.01 Å². The molecule has 5 heterocycles. The van der Waals surface area contributed by atoms with Gasteiger partial charge in [-0.05, 0) is 57.1 Å². The van der Waals surface area contributed by atoms with Gasteiger partial charge in [0, 0.05) is 23.7 Å². The Kier molecular flexibility index (Phi) is 6.52. The van der Waals surface area contributed by atoms with E-state index >= 15 is 4.39 Å². The van der Waals surface area contributed by atoms with Crippen LogP contribution in [-0.4, -0.2) is 82.1 Å². The Balaban J connectivity index is 1.36. The van der Waals surface area contributed by atoms with Crippen molar-refractivity contribution in [3.05, 3.63) is 54.2 Å². The summed E-state index contributed by atoms with van der Waals surface area (Å²) in [7, 11) is 0. The van der Waals surface area contributed by atoms with E-state index in [0.717, 1.165) is 38.8 Å². The zero-order valence-corrected chi connectivity index (χ0v) is 23.1. The molecule has 10 heteroatoms. The number of aromatic nitrogens is 3. The van der Waals surface area contributed by atoms with Gasteiger partial charge in [0.1, 0.15) is 35.1 Å². The first-order valence-corrected chi connectivity index (χ1v) is 14.3. The van der Waals surface area contributed by atoms with Gasteiger partial charge in [0.15, 0.2) is 5.82 Å². The van der Waals surface area contributed by atoms with Crippen molar-refractivity contribution in [2.24, 2.45) is 0 Å². The molecule has 3 aliphatic rings. The number of hydrogen-bond acceptors (Lipinski definition) is 8. The van der Waals surface area contributed by atoms with Crippen LogP contribution in [0.1, 0.15) is 32.6 Å². The van der Waals surface area contributed by atoms with Gasteiger partial charge in [-0.2, -0.15) is 9.97 Å². The van der Waals surface area contributed by atoms with Crippen LogP contribution >= 0.6 is 0 Å². The number of nitrogens with zero attached hydrogens (tertiary/aromatic N) is 5. The first-order valence-electron chi connectivity index (χ1n) is 14.3. The third-order valence-corrected chi connectivity index (χ3v) is 8.78. The molecule has 3 fully saturated rings. The zero-order valence-electron chi connectivity index (χ0n) is 23.1. The number of hydrogen-bond donors (Lipinski definition) is 1. The minimum Gasteiger partial charge on any atom is -0.461 e. The molecule has 0 saturated carbocycles. The van der Waals surface area contributed by atoms with E-state index < -0.39 is 17.2 Å². The molecule has 0 spiro atoms. The van der Waals surface area contributed by atoms with Crippen molar-refractivity contribution in [1.29, 1.82) is 0 Å². The molecular formula is C31H33F2N5O3. The predicted molar refractivity (Wildman–Crippen MR) is 152 cm³/mol. The number of benzene rings is 2. The maximum Gasteiger partial charge on any atom is 0.319 e. The Morgan fingerprint density at radius 1 is 1.05 bits per heavy atom. The number of rotatable bonds is 5. The van der Waals surface area contributed by atoms with Crippen LogP contribution in [0, 0.1) is 11.6 Å². The van der Waals surface area contributed by atoms with Crippen molar-refractivity contribution in [3.8, 4) is 17.3 Å². The molecule has 0 amide bonds. The first kappa shape index (κ1) is 26.4. The van der Waals surface area contributed by atoms with Gasteiger partial charge in [-0.25, -0.2) is 8.78 Å². The summed E-state index contributed by atoms with van der Waals surface area (Å²) in [5, 5.41) is 12.2. The first-order chi connectivity index (χ1) is 19.8. The van der Waals surface area contributed by atoms with Crippen LogP contribution in [-0.2, 0) is 4.74 Å². The molecule has 214 valence electrons. The lowest BCUT2D eigenvalue weighted by atomic mass is 9.95. The molecule has 41 heavy (non-hydrogen) atoms. The molecule has 1 N–H and O–H groups in total. The minimum atomic E-state index is -1.13. The predicted octanol–water partition coefficient (Wildman–Crippen LogP) is 4.72. The van der Waals surface area contributed by atoms with Crippen molar-refractivity contribution < 1.29 is 23.4 Å². The molecule has 0 bridgehead atoms. The van der Waals surface area contributed by atoms with Crippen LogP contribution in [0.25, 0.3) is 32.9 Å². The number of aliphatic hydroxyl groups is 1. The summed E-state index contributed by atoms with van der Waals surface area (Å²) in [6.07, 6.45) is 5.88. The maximum atomic E-state index is 16.5. The van der Waals surface area contributed by atoms with Crippen LogP contribution in [0.2, 0.25) is 0 Å². The third kappa shape index (κ3) is 4.67. The van der Waals surface area contributed by atoms with Crippen LogP contribution in [0.15, 0.2) is 42.6 Å². The average Bonchev–Trinajstić information content (AvgIpc) is 3.48. The van der Waals surface area contributed by atoms with Crippen LogP contribution < -0.4 is 9.64 Å². The highest BCUT2D eigenvalue weighted by Gasteiger charge is 2.45. The van der Waals surface area contributed by atoms with Gasteiger partial charge in [0.05, 0.1) is 30.7 Å². The van der Waals surface area contributed by atoms with Crippen molar-refractivity contribution in [1.82, 2.24) is 19.9 Å². The summed E-state index contributed by atoms with van der Waals surface area (Å²) in [6.45, 7) is 5.46. The average molecular weight is 562 g/mol. The van der Waals surface area contributed by atoms with Crippen LogP contribution in [0.3, 0.4) is 0 Å². The van der Waals surface area contributed by atoms with E-state index in [9.17, 15) is 9.50 Å². The van der Waals surface area contributed by atoms with E-state index in [1.54, 1.807) is 37.3 Å².